The van der Waals surface area contributed by atoms with Crippen LogP contribution in [0.5, 0.6) is 5.75 Å². The molecule has 0 fully saturated rings. The lowest BCUT2D eigenvalue weighted by Gasteiger charge is -2.10. The zero-order chi connectivity index (χ0) is 15.8. The molecule has 0 heterocycles. The number of amides is 1. The Hall–Kier alpha value is -1.97. The van der Waals surface area contributed by atoms with Crippen LogP contribution in [0.4, 0.5) is 5.69 Å². The lowest BCUT2D eigenvalue weighted by molar-refractivity contribution is -0.118. The van der Waals surface area contributed by atoms with Gasteiger partial charge in [0.05, 0.1) is 17.5 Å². The SMILES string of the molecule is N#CCSc1ccccc1NC(=O)COc1ccc(Br)cc1. The van der Waals surface area contributed by atoms with Crippen molar-refractivity contribution in [1.29, 1.82) is 5.26 Å². The van der Waals surface area contributed by atoms with Gasteiger partial charge in [-0.25, -0.2) is 0 Å². The smallest absolute Gasteiger partial charge is 0.262 e. The van der Waals surface area contributed by atoms with E-state index in [1.165, 1.54) is 11.8 Å². The number of hydrogen-bond acceptors (Lipinski definition) is 4. The molecule has 0 bridgehead atoms. The number of benzene rings is 2. The van der Waals surface area contributed by atoms with Gasteiger partial charge in [-0.2, -0.15) is 5.26 Å². The van der Waals surface area contributed by atoms with Crippen LogP contribution in [0.2, 0.25) is 0 Å². The molecule has 0 aliphatic rings. The minimum atomic E-state index is -0.243. The number of carbonyl (C=O) groups excluding carboxylic acids is 1. The van der Waals surface area contributed by atoms with Crippen molar-refractivity contribution in [3.8, 4) is 11.8 Å². The highest BCUT2D eigenvalue weighted by Gasteiger charge is 2.07. The van der Waals surface area contributed by atoms with E-state index >= 15 is 0 Å². The zero-order valence-electron chi connectivity index (χ0n) is 11.6. The molecule has 112 valence electrons. The van der Waals surface area contributed by atoms with Crippen molar-refractivity contribution in [2.45, 2.75) is 4.90 Å². The van der Waals surface area contributed by atoms with Crippen molar-refractivity contribution in [1.82, 2.24) is 0 Å². The van der Waals surface area contributed by atoms with Crippen LogP contribution < -0.4 is 10.1 Å². The Morgan fingerprint density at radius 3 is 2.68 bits per heavy atom. The molecule has 0 aromatic heterocycles. The maximum atomic E-state index is 12.0. The molecule has 0 aliphatic carbocycles. The number of halogens is 1. The van der Waals surface area contributed by atoms with Crippen molar-refractivity contribution >= 4 is 39.3 Å². The zero-order valence-corrected chi connectivity index (χ0v) is 14.0. The predicted molar refractivity (Wildman–Crippen MR) is 91.0 cm³/mol. The van der Waals surface area contributed by atoms with Gasteiger partial charge in [-0.1, -0.05) is 28.1 Å². The summed E-state index contributed by atoms with van der Waals surface area (Å²) >= 11 is 4.72. The van der Waals surface area contributed by atoms with Crippen molar-refractivity contribution < 1.29 is 9.53 Å². The van der Waals surface area contributed by atoms with Gasteiger partial charge in [0.1, 0.15) is 5.75 Å². The summed E-state index contributed by atoms with van der Waals surface area (Å²) in [5, 5.41) is 11.4. The number of carbonyl (C=O) groups is 1. The van der Waals surface area contributed by atoms with Crippen molar-refractivity contribution in [3.63, 3.8) is 0 Å². The number of hydrogen-bond donors (Lipinski definition) is 1. The molecule has 0 saturated carbocycles. The van der Waals surface area contributed by atoms with Crippen LogP contribution >= 0.6 is 27.7 Å². The molecule has 1 N–H and O–H groups in total. The Bertz CT molecular complexity index is 683. The van der Waals surface area contributed by atoms with Crippen LogP contribution in [0.15, 0.2) is 57.9 Å². The molecule has 0 radical (unpaired) electrons. The topological polar surface area (TPSA) is 62.1 Å². The number of para-hydroxylation sites is 1. The first-order valence-electron chi connectivity index (χ1n) is 6.46. The molecule has 0 spiro atoms. The second-order valence-corrected chi connectivity index (χ2v) is 6.17. The quantitative estimate of drug-likeness (QED) is 0.771. The summed E-state index contributed by atoms with van der Waals surface area (Å²) in [6.07, 6.45) is 0. The number of anilines is 1. The van der Waals surface area contributed by atoms with Crippen LogP contribution in [-0.2, 0) is 4.79 Å². The fourth-order valence-corrected chi connectivity index (χ4v) is 2.61. The van der Waals surface area contributed by atoms with Crippen LogP contribution in [0.3, 0.4) is 0 Å². The molecule has 0 saturated heterocycles. The first-order chi connectivity index (χ1) is 10.7. The van der Waals surface area contributed by atoms with E-state index in [0.29, 0.717) is 17.2 Å². The van der Waals surface area contributed by atoms with E-state index in [2.05, 4.69) is 27.3 Å². The van der Waals surface area contributed by atoms with Gasteiger partial charge in [-0.3, -0.25) is 4.79 Å². The van der Waals surface area contributed by atoms with E-state index in [1.54, 1.807) is 18.2 Å². The third kappa shape index (κ3) is 5.10. The Morgan fingerprint density at radius 1 is 1.23 bits per heavy atom. The van der Waals surface area contributed by atoms with Crippen LogP contribution in [0.25, 0.3) is 0 Å². The van der Waals surface area contributed by atoms with Crippen LogP contribution in [0, 0.1) is 11.3 Å². The fourth-order valence-electron chi connectivity index (χ4n) is 1.67. The highest BCUT2D eigenvalue weighted by atomic mass is 79.9. The van der Waals surface area contributed by atoms with E-state index < -0.39 is 0 Å². The number of nitrogens with zero attached hydrogens (tertiary/aromatic N) is 1. The molecular weight excluding hydrogens is 364 g/mol. The molecule has 6 heteroatoms. The molecular formula is C16H13BrN2O2S. The summed E-state index contributed by atoms with van der Waals surface area (Å²) in [6.45, 7) is -0.0706. The average Bonchev–Trinajstić information content (AvgIpc) is 2.53. The lowest BCUT2D eigenvalue weighted by atomic mass is 10.3. The van der Waals surface area contributed by atoms with Gasteiger partial charge in [0, 0.05) is 9.37 Å². The standard InChI is InChI=1S/C16H13BrN2O2S/c17-12-5-7-13(8-6-12)21-11-16(20)19-14-3-1-2-4-15(14)22-10-9-18/h1-8H,10-11H2,(H,19,20). The Balaban J connectivity index is 1.92. The molecule has 2 aromatic carbocycles. The number of rotatable bonds is 6. The van der Waals surface area contributed by atoms with Crippen LogP contribution in [0.1, 0.15) is 0 Å². The van der Waals surface area contributed by atoms with E-state index in [-0.39, 0.29) is 12.5 Å². The van der Waals surface area contributed by atoms with Gasteiger partial charge in [0.25, 0.3) is 5.91 Å². The third-order valence-electron chi connectivity index (χ3n) is 2.64. The second kappa shape index (κ2) is 8.47. The van der Waals surface area contributed by atoms with E-state index in [9.17, 15) is 4.79 Å². The first kappa shape index (κ1) is 16.4. The molecule has 2 rings (SSSR count). The monoisotopic (exact) mass is 376 g/mol. The lowest BCUT2D eigenvalue weighted by Crippen LogP contribution is -2.20. The van der Waals surface area contributed by atoms with Gasteiger partial charge in [0.15, 0.2) is 6.61 Å². The molecule has 4 nitrogen and oxygen atoms in total. The van der Waals surface area contributed by atoms with Gasteiger partial charge in [-0.15, -0.1) is 11.8 Å². The van der Waals surface area contributed by atoms with E-state index in [1.807, 2.05) is 30.3 Å². The predicted octanol–water partition coefficient (Wildman–Crippen LogP) is 4.08. The summed E-state index contributed by atoms with van der Waals surface area (Å²) in [4.78, 5) is 12.8. The molecule has 0 aliphatic heterocycles. The molecule has 0 atom stereocenters. The van der Waals surface area contributed by atoms with E-state index in [4.69, 9.17) is 10.00 Å². The van der Waals surface area contributed by atoms with Gasteiger partial charge >= 0.3 is 0 Å². The van der Waals surface area contributed by atoms with Crippen molar-refractivity contribution in [2.24, 2.45) is 0 Å². The van der Waals surface area contributed by atoms with Crippen LogP contribution in [-0.4, -0.2) is 18.3 Å². The first-order valence-corrected chi connectivity index (χ1v) is 8.24. The van der Waals surface area contributed by atoms with E-state index in [0.717, 1.165) is 9.37 Å². The molecule has 1 amide bonds. The van der Waals surface area contributed by atoms with Crippen molar-refractivity contribution in [3.05, 3.63) is 53.0 Å². The number of ether oxygens (including phenoxy) is 1. The second-order valence-electron chi connectivity index (χ2n) is 4.23. The summed E-state index contributed by atoms with van der Waals surface area (Å²) in [5.41, 5.74) is 0.687. The molecule has 0 unspecified atom stereocenters. The number of thioether (sulfide) groups is 1. The minimum Gasteiger partial charge on any atom is -0.484 e. The summed E-state index contributed by atoms with van der Waals surface area (Å²) in [6, 6.07) is 16.7. The fraction of sp³-hybridized carbons (Fsp3) is 0.125. The maximum absolute atomic E-state index is 12.0. The summed E-state index contributed by atoms with van der Waals surface area (Å²) < 4.78 is 6.38. The Labute approximate surface area is 141 Å². The van der Waals surface area contributed by atoms with Crippen molar-refractivity contribution in [2.75, 3.05) is 17.7 Å². The van der Waals surface area contributed by atoms with Gasteiger partial charge in [-0.05, 0) is 36.4 Å². The summed E-state index contributed by atoms with van der Waals surface area (Å²) in [5.74, 6) is 0.723. The molecule has 22 heavy (non-hydrogen) atoms. The Kier molecular flexibility index (Phi) is 6.31. The van der Waals surface area contributed by atoms with Gasteiger partial charge in [0.2, 0.25) is 0 Å². The molecule has 2 aromatic rings. The maximum Gasteiger partial charge on any atom is 0.262 e. The van der Waals surface area contributed by atoms with Gasteiger partial charge < -0.3 is 10.1 Å². The highest BCUT2D eigenvalue weighted by Crippen LogP contribution is 2.26. The average molecular weight is 377 g/mol. The normalized spacial score (nSPS) is 9.82. The largest absolute Gasteiger partial charge is 0.484 e. The number of nitriles is 1. The third-order valence-corrected chi connectivity index (χ3v) is 4.11. The Morgan fingerprint density at radius 2 is 1.95 bits per heavy atom. The summed E-state index contributed by atoms with van der Waals surface area (Å²) in [7, 11) is 0. The number of nitrogens with one attached hydrogen (secondary N) is 1. The minimum absolute atomic E-state index is 0.0706. The highest BCUT2D eigenvalue weighted by molar-refractivity contribution is 9.10.